The number of hydrogen-bond acceptors (Lipinski definition) is 5. The number of hydrogen-bond donors (Lipinski definition) is 1. The summed E-state index contributed by atoms with van der Waals surface area (Å²) in [5.74, 6) is -0.332. The van der Waals surface area contributed by atoms with Crippen molar-refractivity contribution in [1.82, 2.24) is 10.2 Å². The maximum atomic E-state index is 13.8. The summed E-state index contributed by atoms with van der Waals surface area (Å²) in [7, 11) is -2.63. The van der Waals surface area contributed by atoms with Crippen LogP contribution in [0.4, 0.5) is 5.69 Å². The highest BCUT2D eigenvalue weighted by molar-refractivity contribution is 9.10. The van der Waals surface area contributed by atoms with E-state index in [4.69, 9.17) is 4.74 Å². The lowest BCUT2D eigenvalue weighted by Gasteiger charge is -2.31. The molecule has 0 radical (unpaired) electrons. The fourth-order valence-corrected chi connectivity index (χ4v) is 5.61. The third-order valence-corrected chi connectivity index (χ3v) is 7.98. The summed E-state index contributed by atoms with van der Waals surface area (Å²) >= 11 is 3.43. The van der Waals surface area contributed by atoms with Crippen molar-refractivity contribution in [2.75, 3.05) is 24.5 Å². The summed E-state index contributed by atoms with van der Waals surface area (Å²) in [4.78, 5) is 27.6. The van der Waals surface area contributed by atoms with Crippen LogP contribution in [0.5, 0.6) is 5.75 Å². The van der Waals surface area contributed by atoms with Gasteiger partial charge in [0.1, 0.15) is 18.3 Å². The number of sulfonamides is 1. The highest BCUT2D eigenvalue weighted by Crippen LogP contribution is 2.26. The average Bonchev–Trinajstić information content (AvgIpc) is 2.90. The van der Waals surface area contributed by atoms with Gasteiger partial charge in [0.05, 0.1) is 17.2 Å². The molecule has 3 aromatic rings. The summed E-state index contributed by atoms with van der Waals surface area (Å²) < 4.78 is 34.8. The molecule has 0 aliphatic rings. The second-order valence-electron chi connectivity index (χ2n) is 8.19. The number of ether oxygens (including phenoxy) is 1. The zero-order valence-corrected chi connectivity index (χ0v) is 23.3. The van der Waals surface area contributed by atoms with Gasteiger partial charge in [-0.05, 0) is 67.9 Å². The van der Waals surface area contributed by atoms with E-state index in [9.17, 15) is 18.0 Å². The van der Waals surface area contributed by atoms with Crippen molar-refractivity contribution in [1.29, 1.82) is 0 Å². The van der Waals surface area contributed by atoms with Crippen molar-refractivity contribution in [3.8, 4) is 5.75 Å². The molecule has 10 heteroatoms. The molecule has 0 aliphatic carbocycles. The number of benzene rings is 3. The zero-order chi connectivity index (χ0) is 27.0. The lowest BCUT2D eigenvalue weighted by molar-refractivity contribution is -0.139. The Morgan fingerprint density at radius 2 is 1.68 bits per heavy atom. The van der Waals surface area contributed by atoms with Gasteiger partial charge in [0.2, 0.25) is 11.8 Å². The number of carbonyl (C=O) groups excluding carboxylic acids is 2. The summed E-state index contributed by atoms with van der Waals surface area (Å²) in [6, 6.07) is 21.0. The Balaban J connectivity index is 1.99. The van der Waals surface area contributed by atoms with Gasteiger partial charge >= 0.3 is 0 Å². The van der Waals surface area contributed by atoms with Crippen molar-refractivity contribution >= 4 is 43.5 Å². The number of halogens is 1. The minimum atomic E-state index is -4.12. The molecule has 0 unspecified atom stereocenters. The van der Waals surface area contributed by atoms with Crippen LogP contribution in [0.1, 0.15) is 19.4 Å². The van der Waals surface area contributed by atoms with Crippen molar-refractivity contribution in [2.45, 2.75) is 31.3 Å². The SMILES string of the molecule is CCOc1ccc(S(=O)(=O)N(CC(=O)N(Cc2cccc(Br)c2)[C@H](C)C(=O)NC)c2ccccc2)cc1. The maximum Gasteiger partial charge on any atom is 0.264 e. The van der Waals surface area contributed by atoms with E-state index in [2.05, 4.69) is 21.2 Å². The first-order valence-corrected chi connectivity index (χ1v) is 14.0. The maximum absolute atomic E-state index is 13.8. The molecule has 8 nitrogen and oxygen atoms in total. The van der Waals surface area contributed by atoms with Crippen LogP contribution >= 0.6 is 15.9 Å². The highest BCUT2D eigenvalue weighted by atomic mass is 79.9. The van der Waals surface area contributed by atoms with Gasteiger partial charge < -0.3 is 15.0 Å². The largest absolute Gasteiger partial charge is 0.494 e. The van der Waals surface area contributed by atoms with Crippen LogP contribution in [-0.4, -0.2) is 51.4 Å². The van der Waals surface area contributed by atoms with E-state index < -0.39 is 28.5 Å². The molecule has 0 saturated carbocycles. The third-order valence-electron chi connectivity index (χ3n) is 5.70. The first-order valence-electron chi connectivity index (χ1n) is 11.7. The van der Waals surface area contributed by atoms with Crippen molar-refractivity contribution in [3.63, 3.8) is 0 Å². The number of carbonyl (C=O) groups is 2. The van der Waals surface area contributed by atoms with E-state index in [0.29, 0.717) is 18.0 Å². The second-order valence-corrected chi connectivity index (χ2v) is 11.0. The Labute approximate surface area is 226 Å². The van der Waals surface area contributed by atoms with E-state index in [1.807, 2.05) is 31.2 Å². The molecule has 0 aromatic heterocycles. The molecule has 0 spiro atoms. The standard InChI is InChI=1S/C27H30BrN3O5S/c1-4-36-24-13-15-25(16-14-24)37(34,35)31(23-11-6-5-7-12-23)19-26(32)30(20(2)27(33)29-3)18-21-9-8-10-22(28)17-21/h5-17,20H,4,18-19H2,1-3H3,(H,29,33)/t20-/m1/s1. The van der Waals surface area contributed by atoms with E-state index in [1.54, 1.807) is 49.4 Å². The number of nitrogens with zero attached hydrogens (tertiary/aromatic N) is 2. The molecule has 2 amide bonds. The topological polar surface area (TPSA) is 96.0 Å². The quantitative estimate of drug-likeness (QED) is 0.362. The van der Waals surface area contributed by atoms with Gasteiger partial charge in [-0.15, -0.1) is 0 Å². The summed E-state index contributed by atoms with van der Waals surface area (Å²) in [5, 5.41) is 2.57. The Bertz CT molecular complexity index is 1320. The molecule has 0 aliphatic heterocycles. The molecular weight excluding hydrogens is 558 g/mol. The number of amides is 2. The normalized spacial score (nSPS) is 11.9. The minimum Gasteiger partial charge on any atom is -0.494 e. The van der Waals surface area contributed by atoms with E-state index in [1.165, 1.54) is 24.1 Å². The molecule has 0 bridgehead atoms. The Hall–Kier alpha value is -3.37. The predicted molar refractivity (Wildman–Crippen MR) is 147 cm³/mol. The number of anilines is 1. The van der Waals surface area contributed by atoms with Crippen molar-refractivity contribution < 1.29 is 22.7 Å². The minimum absolute atomic E-state index is 0.0190. The number of para-hydroxylation sites is 1. The smallest absolute Gasteiger partial charge is 0.264 e. The molecule has 3 rings (SSSR count). The molecule has 0 fully saturated rings. The van der Waals surface area contributed by atoms with Crippen LogP contribution in [0.15, 0.2) is 88.2 Å². The second kappa shape index (κ2) is 12.7. The summed E-state index contributed by atoms with van der Waals surface area (Å²) in [6.07, 6.45) is 0. The molecule has 3 aromatic carbocycles. The molecule has 196 valence electrons. The van der Waals surface area contributed by atoms with Gasteiger partial charge in [-0.25, -0.2) is 8.42 Å². The molecule has 1 N–H and O–H groups in total. The predicted octanol–water partition coefficient (Wildman–Crippen LogP) is 4.21. The number of rotatable bonds is 11. The Morgan fingerprint density at radius 3 is 2.27 bits per heavy atom. The van der Waals surface area contributed by atoms with Crippen LogP contribution < -0.4 is 14.4 Å². The van der Waals surface area contributed by atoms with Crippen LogP contribution in [0.2, 0.25) is 0 Å². The fourth-order valence-electron chi connectivity index (χ4n) is 3.75. The van der Waals surface area contributed by atoms with Crippen LogP contribution in [0.25, 0.3) is 0 Å². The monoisotopic (exact) mass is 587 g/mol. The van der Waals surface area contributed by atoms with E-state index in [0.717, 1.165) is 14.3 Å². The average molecular weight is 589 g/mol. The van der Waals surface area contributed by atoms with Gasteiger partial charge in [0.25, 0.3) is 10.0 Å². The molecule has 1 atom stereocenters. The van der Waals surface area contributed by atoms with Crippen LogP contribution in [0.3, 0.4) is 0 Å². The van der Waals surface area contributed by atoms with Gasteiger partial charge in [0, 0.05) is 18.1 Å². The van der Waals surface area contributed by atoms with E-state index >= 15 is 0 Å². The van der Waals surface area contributed by atoms with Crippen molar-refractivity contribution in [3.05, 3.63) is 88.9 Å². The lowest BCUT2D eigenvalue weighted by atomic mass is 10.1. The number of likely N-dealkylation sites (N-methyl/N-ethyl adjacent to an activating group) is 1. The van der Waals surface area contributed by atoms with Gasteiger partial charge in [-0.3, -0.25) is 13.9 Å². The molecule has 0 heterocycles. The Morgan fingerprint density at radius 1 is 1.00 bits per heavy atom. The Kier molecular flexibility index (Phi) is 9.71. The molecule has 37 heavy (non-hydrogen) atoms. The fraction of sp³-hybridized carbons (Fsp3) is 0.259. The first-order chi connectivity index (χ1) is 17.7. The molecular formula is C27H30BrN3O5S. The number of nitrogens with one attached hydrogen (secondary N) is 1. The van der Waals surface area contributed by atoms with Crippen LogP contribution in [0, 0.1) is 0 Å². The van der Waals surface area contributed by atoms with Gasteiger partial charge in [-0.1, -0.05) is 46.3 Å². The first kappa shape index (κ1) is 28.2. The molecule has 0 saturated heterocycles. The third kappa shape index (κ3) is 7.11. The zero-order valence-electron chi connectivity index (χ0n) is 20.9. The summed E-state index contributed by atoms with van der Waals surface area (Å²) in [6.45, 7) is 3.54. The summed E-state index contributed by atoms with van der Waals surface area (Å²) in [5.41, 5.74) is 1.12. The van der Waals surface area contributed by atoms with E-state index in [-0.39, 0.29) is 17.3 Å². The van der Waals surface area contributed by atoms with Gasteiger partial charge in [-0.2, -0.15) is 0 Å². The lowest BCUT2D eigenvalue weighted by Crippen LogP contribution is -2.50. The van der Waals surface area contributed by atoms with Crippen LogP contribution in [-0.2, 0) is 26.2 Å². The highest BCUT2D eigenvalue weighted by Gasteiger charge is 2.32. The van der Waals surface area contributed by atoms with Gasteiger partial charge in [0.15, 0.2) is 0 Å². The van der Waals surface area contributed by atoms with Crippen molar-refractivity contribution in [2.24, 2.45) is 0 Å².